The molecule has 1 atom stereocenters. The van der Waals surface area contributed by atoms with Gasteiger partial charge in [0.1, 0.15) is 6.54 Å². The van der Waals surface area contributed by atoms with E-state index in [1.807, 2.05) is 5.01 Å². The van der Waals surface area contributed by atoms with E-state index < -0.39 is 0 Å². The molecular weight excluding hydrogens is 286 g/mol. The van der Waals surface area contributed by atoms with E-state index in [1.165, 1.54) is 6.92 Å². The smallest absolute Gasteiger partial charge is 0.259 e. The third-order valence-corrected chi connectivity index (χ3v) is 3.83. The molecule has 0 aromatic carbocycles. The average molecular weight is 311 g/mol. The zero-order chi connectivity index (χ0) is 15.9. The first-order chi connectivity index (χ1) is 10.6. The molecule has 0 spiro atoms. The molecule has 2 rings (SSSR count). The van der Waals surface area contributed by atoms with E-state index in [1.54, 1.807) is 0 Å². The van der Waals surface area contributed by atoms with Gasteiger partial charge < -0.3 is 4.74 Å². The number of amides is 2. The molecule has 2 aliphatic rings. The molecule has 2 amide bonds. The van der Waals surface area contributed by atoms with Crippen LogP contribution >= 0.6 is 0 Å². The number of carbonyl (C=O) groups is 2. The van der Waals surface area contributed by atoms with E-state index in [0.717, 1.165) is 51.4 Å². The van der Waals surface area contributed by atoms with Gasteiger partial charge in [0.05, 0.1) is 19.3 Å². The van der Waals surface area contributed by atoms with E-state index in [4.69, 9.17) is 4.74 Å². The number of hydrogen-bond acceptors (Lipinski definition) is 6. The fourth-order valence-corrected chi connectivity index (χ4v) is 2.65. The molecular formula is C14H25N5O3. The minimum Gasteiger partial charge on any atom is -0.379 e. The number of hydrazine groups is 1. The molecule has 1 unspecified atom stereocenters. The van der Waals surface area contributed by atoms with Crippen LogP contribution in [0.4, 0.5) is 0 Å². The van der Waals surface area contributed by atoms with Crippen molar-refractivity contribution in [3.63, 3.8) is 0 Å². The van der Waals surface area contributed by atoms with Crippen molar-refractivity contribution < 1.29 is 14.3 Å². The summed E-state index contributed by atoms with van der Waals surface area (Å²) in [5, 5.41) is 6.38. The molecule has 2 heterocycles. The van der Waals surface area contributed by atoms with Gasteiger partial charge >= 0.3 is 0 Å². The minimum absolute atomic E-state index is 0.152. The normalized spacial score (nSPS) is 22.4. The highest BCUT2D eigenvalue weighted by atomic mass is 16.5. The number of rotatable bonds is 5. The number of hydrazone groups is 1. The summed E-state index contributed by atoms with van der Waals surface area (Å²) in [6, 6.07) is 0.205. The first-order valence-electron chi connectivity index (χ1n) is 7.77. The van der Waals surface area contributed by atoms with Crippen molar-refractivity contribution in [1.82, 2.24) is 20.8 Å². The van der Waals surface area contributed by atoms with Crippen molar-refractivity contribution in [2.24, 2.45) is 5.10 Å². The third kappa shape index (κ3) is 4.96. The van der Waals surface area contributed by atoms with Gasteiger partial charge in [0.2, 0.25) is 5.91 Å². The van der Waals surface area contributed by atoms with Crippen LogP contribution in [0.15, 0.2) is 5.10 Å². The van der Waals surface area contributed by atoms with E-state index in [2.05, 4.69) is 27.8 Å². The number of nitrogens with one attached hydrogen (secondary N) is 2. The third-order valence-electron chi connectivity index (χ3n) is 3.83. The van der Waals surface area contributed by atoms with Gasteiger partial charge in [-0.05, 0) is 6.42 Å². The second kappa shape index (κ2) is 8.09. The zero-order valence-electron chi connectivity index (χ0n) is 13.3. The second-order valence-electron chi connectivity index (χ2n) is 5.62. The Morgan fingerprint density at radius 1 is 1.32 bits per heavy atom. The van der Waals surface area contributed by atoms with Crippen molar-refractivity contribution in [3.8, 4) is 0 Å². The molecule has 0 aromatic heterocycles. The molecule has 124 valence electrons. The molecule has 2 N–H and O–H groups in total. The lowest BCUT2D eigenvalue weighted by Crippen LogP contribution is -2.49. The highest BCUT2D eigenvalue weighted by molar-refractivity contribution is 5.87. The Hall–Kier alpha value is -1.67. The van der Waals surface area contributed by atoms with Gasteiger partial charge in [-0.2, -0.15) is 5.10 Å². The van der Waals surface area contributed by atoms with Crippen molar-refractivity contribution in [3.05, 3.63) is 0 Å². The standard InChI is InChI=1S/C14H25N5O3/c1-3-12-8-13(9-18-4-6-22-7-5-18)19(17-12)10-14(21)16-15-11(2)20/h13H,3-10H2,1-2H3,(H,15,20)(H,16,21). The average Bonchev–Trinajstić information content (AvgIpc) is 2.88. The van der Waals surface area contributed by atoms with Crippen LogP contribution in [0.1, 0.15) is 26.7 Å². The summed E-state index contributed by atoms with van der Waals surface area (Å²) in [7, 11) is 0. The van der Waals surface area contributed by atoms with Gasteiger partial charge in [-0.25, -0.2) is 0 Å². The summed E-state index contributed by atoms with van der Waals surface area (Å²) in [6.07, 6.45) is 1.78. The van der Waals surface area contributed by atoms with Gasteiger partial charge in [0, 0.05) is 38.7 Å². The highest BCUT2D eigenvalue weighted by Crippen LogP contribution is 2.18. The number of morpholine rings is 1. The van der Waals surface area contributed by atoms with E-state index in [9.17, 15) is 9.59 Å². The Bertz CT molecular complexity index is 434. The summed E-state index contributed by atoms with van der Waals surface area (Å²) in [4.78, 5) is 25.0. The zero-order valence-corrected chi connectivity index (χ0v) is 13.3. The van der Waals surface area contributed by atoms with Gasteiger partial charge in [-0.15, -0.1) is 0 Å². The van der Waals surface area contributed by atoms with Crippen LogP contribution in [-0.4, -0.2) is 72.9 Å². The van der Waals surface area contributed by atoms with Crippen LogP contribution in [0.25, 0.3) is 0 Å². The number of hydrogen-bond donors (Lipinski definition) is 2. The van der Waals surface area contributed by atoms with Crippen LogP contribution < -0.4 is 10.9 Å². The number of ether oxygens (including phenoxy) is 1. The quantitative estimate of drug-likeness (QED) is 0.658. The Kier molecular flexibility index (Phi) is 6.14. The van der Waals surface area contributed by atoms with Gasteiger partial charge in [0.25, 0.3) is 5.91 Å². The van der Waals surface area contributed by atoms with Crippen molar-refractivity contribution >= 4 is 17.5 Å². The summed E-state index contributed by atoms with van der Waals surface area (Å²) in [6.45, 7) is 7.82. The topological polar surface area (TPSA) is 86.3 Å². The molecule has 8 heteroatoms. The molecule has 1 saturated heterocycles. The maximum Gasteiger partial charge on any atom is 0.259 e. The van der Waals surface area contributed by atoms with Crippen molar-refractivity contribution in [2.75, 3.05) is 39.4 Å². The predicted molar refractivity (Wildman–Crippen MR) is 82.1 cm³/mol. The molecule has 0 aromatic rings. The summed E-state index contributed by atoms with van der Waals surface area (Å²) in [5.41, 5.74) is 5.80. The minimum atomic E-state index is -0.294. The summed E-state index contributed by atoms with van der Waals surface area (Å²) < 4.78 is 5.36. The maximum absolute atomic E-state index is 11.9. The molecule has 0 saturated carbocycles. The van der Waals surface area contributed by atoms with Gasteiger partial charge in [-0.1, -0.05) is 6.92 Å². The molecule has 22 heavy (non-hydrogen) atoms. The highest BCUT2D eigenvalue weighted by Gasteiger charge is 2.29. The Morgan fingerprint density at radius 2 is 2.05 bits per heavy atom. The lowest BCUT2D eigenvalue weighted by atomic mass is 10.1. The van der Waals surface area contributed by atoms with E-state index >= 15 is 0 Å². The molecule has 0 bridgehead atoms. The largest absolute Gasteiger partial charge is 0.379 e. The summed E-state index contributed by atoms with van der Waals surface area (Å²) in [5.74, 6) is -0.555. The van der Waals surface area contributed by atoms with Crippen molar-refractivity contribution in [2.45, 2.75) is 32.7 Å². The van der Waals surface area contributed by atoms with Gasteiger partial charge in [-0.3, -0.25) is 30.3 Å². The Balaban J connectivity index is 1.87. The Morgan fingerprint density at radius 3 is 2.68 bits per heavy atom. The fraction of sp³-hybridized carbons (Fsp3) is 0.786. The van der Waals surface area contributed by atoms with E-state index in [0.29, 0.717) is 0 Å². The summed E-state index contributed by atoms with van der Waals surface area (Å²) >= 11 is 0. The lowest BCUT2D eigenvalue weighted by Gasteiger charge is -2.32. The van der Waals surface area contributed by atoms with Crippen LogP contribution in [0.5, 0.6) is 0 Å². The molecule has 1 fully saturated rings. The molecule has 8 nitrogen and oxygen atoms in total. The number of carbonyl (C=O) groups excluding carboxylic acids is 2. The molecule has 2 aliphatic heterocycles. The van der Waals surface area contributed by atoms with Crippen LogP contribution in [-0.2, 0) is 14.3 Å². The number of nitrogens with zero attached hydrogens (tertiary/aromatic N) is 3. The fourth-order valence-electron chi connectivity index (χ4n) is 2.65. The van der Waals surface area contributed by atoms with Crippen LogP contribution in [0, 0.1) is 0 Å². The molecule has 0 aliphatic carbocycles. The van der Waals surface area contributed by atoms with Gasteiger partial charge in [0.15, 0.2) is 0 Å². The molecule has 0 radical (unpaired) electrons. The predicted octanol–water partition coefficient (Wildman–Crippen LogP) is -0.674. The van der Waals surface area contributed by atoms with E-state index in [-0.39, 0.29) is 24.4 Å². The first-order valence-corrected chi connectivity index (χ1v) is 7.77. The monoisotopic (exact) mass is 311 g/mol. The maximum atomic E-state index is 11.9. The lowest BCUT2D eigenvalue weighted by molar-refractivity contribution is -0.128. The Labute approximate surface area is 130 Å². The van der Waals surface area contributed by atoms with Crippen molar-refractivity contribution in [1.29, 1.82) is 0 Å². The first kappa shape index (κ1) is 16.7. The van der Waals surface area contributed by atoms with Crippen LogP contribution in [0.3, 0.4) is 0 Å². The van der Waals surface area contributed by atoms with Crippen LogP contribution in [0.2, 0.25) is 0 Å². The second-order valence-corrected chi connectivity index (χ2v) is 5.62. The SMILES string of the molecule is CCC1=NN(CC(=O)NNC(C)=O)C(CN2CCOCC2)C1.